The van der Waals surface area contributed by atoms with Gasteiger partial charge in [0.05, 0.1) is 18.5 Å². The van der Waals surface area contributed by atoms with E-state index in [0.717, 1.165) is 25.2 Å². The fourth-order valence-electron chi connectivity index (χ4n) is 8.24. The monoisotopic (exact) mass is 654 g/mol. The van der Waals surface area contributed by atoms with Crippen molar-refractivity contribution < 1.29 is 19.4 Å². The lowest BCUT2D eigenvalue weighted by atomic mass is 9.37. The van der Waals surface area contributed by atoms with Gasteiger partial charge in [-0.05, 0) is 62.8 Å². The first-order valence-corrected chi connectivity index (χ1v) is 16.5. The predicted molar refractivity (Wildman–Crippen MR) is 173 cm³/mol. The molecular weight excluding hydrogens is 616 g/mol. The van der Waals surface area contributed by atoms with Crippen molar-refractivity contribution in [2.45, 2.75) is 64.5 Å². The number of fused-ring (bicyclic) bond motifs is 1. The van der Waals surface area contributed by atoms with Gasteiger partial charge < -0.3 is 29.5 Å². The minimum absolute atomic E-state index is 0.00567. The number of hydrogen-bond donors (Lipinski definition) is 2. The molecule has 4 aliphatic carbocycles. The van der Waals surface area contributed by atoms with E-state index in [2.05, 4.69) is 25.4 Å². The minimum atomic E-state index is -0.398. The zero-order valence-corrected chi connectivity index (χ0v) is 27.3. The van der Waals surface area contributed by atoms with E-state index in [-0.39, 0.29) is 40.4 Å². The first kappa shape index (κ1) is 30.3. The van der Waals surface area contributed by atoms with Gasteiger partial charge in [-0.3, -0.25) is 14.4 Å². The number of piperazine rings is 1. The molecule has 15 nitrogen and oxygen atoms in total. The van der Waals surface area contributed by atoms with Gasteiger partial charge in [-0.15, -0.1) is 15.0 Å². The number of carbonyl (C=O) groups is 2. The van der Waals surface area contributed by atoms with Crippen LogP contribution >= 0.6 is 0 Å². The number of aromatic hydroxyl groups is 1. The van der Waals surface area contributed by atoms with Crippen LogP contribution < -0.4 is 20.4 Å². The number of nitrogens with zero attached hydrogens (tertiary/aromatic N) is 9. The van der Waals surface area contributed by atoms with Gasteiger partial charge >= 0.3 is 0 Å². The summed E-state index contributed by atoms with van der Waals surface area (Å²) in [5, 5.41) is 23.1. The minimum Gasteiger partial charge on any atom is -0.504 e. The molecular formula is C33H38N10O5. The molecule has 5 fully saturated rings. The molecule has 250 valence electrons. The molecule has 2 amide bonds. The quantitative estimate of drug-likeness (QED) is 0.269. The molecule has 5 heterocycles. The Morgan fingerprint density at radius 3 is 2.52 bits per heavy atom. The predicted octanol–water partition coefficient (Wildman–Crippen LogP) is 1.76. The molecule has 4 aromatic rings. The second kappa shape index (κ2) is 11.0. The van der Waals surface area contributed by atoms with E-state index in [0.29, 0.717) is 72.3 Å². The van der Waals surface area contributed by atoms with Crippen LogP contribution in [0.1, 0.15) is 60.9 Å². The van der Waals surface area contributed by atoms with Crippen LogP contribution in [-0.2, 0) is 17.8 Å². The average Bonchev–Trinajstić information content (AvgIpc) is 3.80. The molecule has 1 aliphatic heterocycles. The summed E-state index contributed by atoms with van der Waals surface area (Å²) in [5.41, 5.74) is 2.47. The first-order valence-electron chi connectivity index (χ1n) is 16.5. The number of aromatic nitrogens is 7. The highest BCUT2D eigenvalue weighted by molar-refractivity contribution is 5.95. The van der Waals surface area contributed by atoms with Crippen LogP contribution in [0.3, 0.4) is 0 Å². The molecule has 1 saturated heterocycles. The highest BCUT2D eigenvalue weighted by Gasteiger charge is 2.72. The Labute approximate surface area is 275 Å². The van der Waals surface area contributed by atoms with Crippen molar-refractivity contribution in [1.29, 1.82) is 0 Å². The molecule has 4 aromatic heterocycles. The summed E-state index contributed by atoms with van der Waals surface area (Å²) in [6, 6.07) is 3.39. The van der Waals surface area contributed by atoms with Gasteiger partial charge in [0.1, 0.15) is 18.6 Å². The van der Waals surface area contributed by atoms with E-state index in [4.69, 9.17) is 9.84 Å². The Morgan fingerprint density at radius 2 is 1.83 bits per heavy atom. The summed E-state index contributed by atoms with van der Waals surface area (Å²) in [6.07, 6.45) is 9.08. The Balaban J connectivity index is 1.12. The van der Waals surface area contributed by atoms with E-state index < -0.39 is 5.91 Å². The fourth-order valence-corrected chi connectivity index (χ4v) is 8.24. The normalized spacial score (nSPS) is 23.1. The van der Waals surface area contributed by atoms with Crippen LogP contribution in [0.4, 0.5) is 5.69 Å². The van der Waals surface area contributed by atoms with E-state index in [1.807, 2.05) is 16.4 Å². The number of nitrogens with one attached hydrogen (secondary N) is 1. The summed E-state index contributed by atoms with van der Waals surface area (Å²) in [6.45, 7) is 4.89. The Bertz CT molecular complexity index is 2010. The maximum absolute atomic E-state index is 14.3. The number of carbonyl (C=O) groups excluding carboxylic acids is 2. The molecule has 0 aromatic carbocycles. The molecule has 0 atom stereocenters. The number of methoxy groups -OCH3 is 1. The average molecular weight is 655 g/mol. The number of pyridine rings is 2. The maximum Gasteiger partial charge on any atom is 0.276 e. The lowest BCUT2D eigenvalue weighted by Gasteiger charge is -2.71. The molecule has 4 saturated carbocycles. The molecule has 9 rings (SSSR count). The van der Waals surface area contributed by atoms with Crippen molar-refractivity contribution in [2.24, 2.45) is 11.3 Å². The van der Waals surface area contributed by atoms with Gasteiger partial charge in [0.15, 0.2) is 22.6 Å². The zero-order valence-electron chi connectivity index (χ0n) is 27.3. The van der Waals surface area contributed by atoms with E-state index in [1.54, 1.807) is 30.2 Å². The van der Waals surface area contributed by atoms with Crippen LogP contribution in [-0.4, -0.2) is 95.2 Å². The molecule has 0 radical (unpaired) electrons. The number of amides is 2. The van der Waals surface area contributed by atoms with Gasteiger partial charge in [-0.2, -0.15) is 0 Å². The van der Waals surface area contributed by atoms with Gasteiger partial charge in [0.2, 0.25) is 17.2 Å². The second-order valence-corrected chi connectivity index (χ2v) is 13.7. The number of hydrogen-bond acceptors (Lipinski definition) is 11. The molecule has 5 aliphatic rings. The Hall–Kier alpha value is -5.08. The third kappa shape index (κ3) is 4.77. The second-order valence-electron chi connectivity index (χ2n) is 13.7. The number of aryl methyl sites for hydroxylation is 1. The van der Waals surface area contributed by atoms with Crippen molar-refractivity contribution in [3.63, 3.8) is 0 Å². The van der Waals surface area contributed by atoms with Gasteiger partial charge in [0.25, 0.3) is 5.91 Å². The number of ether oxygens (including phenoxy) is 1. The maximum atomic E-state index is 14.3. The standard InChI is InChI=1S/C33H38N10O5/c1-4-22-27(40-9-11-41(12-10-40)31(47)26-28(45)19(2)35-18-36-26)29(46)25-30(39-43(38-25)21-7-8-34-24(13-21)48-3)42(22)14-23(44)37-33-15-32(16-33,17-33)20-5-6-20/h7-8,13,18,20,45H,4-6,9-12,14-17H2,1-3H3,(H,37,44). The van der Waals surface area contributed by atoms with Crippen molar-refractivity contribution in [1.82, 2.24) is 44.7 Å². The first-order chi connectivity index (χ1) is 23.1. The number of rotatable bonds is 9. The number of anilines is 1. The van der Waals surface area contributed by atoms with Crippen molar-refractivity contribution >= 4 is 28.7 Å². The molecule has 0 unspecified atom stereocenters. The summed E-state index contributed by atoms with van der Waals surface area (Å²) >= 11 is 0. The fraction of sp³-hybridized carbons (Fsp3) is 0.515. The lowest BCUT2D eigenvalue weighted by molar-refractivity contribution is -0.176. The Morgan fingerprint density at radius 1 is 1.08 bits per heavy atom. The van der Waals surface area contributed by atoms with Crippen LogP contribution in [0.2, 0.25) is 0 Å². The van der Waals surface area contributed by atoms with Crippen LogP contribution in [0.15, 0.2) is 29.5 Å². The summed E-state index contributed by atoms with van der Waals surface area (Å²) in [4.78, 5) is 58.3. The molecule has 15 heteroatoms. The van der Waals surface area contributed by atoms with Gasteiger partial charge in [0, 0.05) is 49.7 Å². The molecule has 2 N–H and O–H groups in total. The Kier molecular flexibility index (Phi) is 6.93. The van der Waals surface area contributed by atoms with Gasteiger partial charge in [-0.25, -0.2) is 15.0 Å². The summed E-state index contributed by atoms with van der Waals surface area (Å²) < 4.78 is 7.11. The largest absolute Gasteiger partial charge is 0.504 e. The smallest absolute Gasteiger partial charge is 0.276 e. The summed E-state index contributed by atoms with van der Waals surface area (Å²) in [7, 11) is 1.52. The van der Waals surface area contributed by atoms with Crippen molar-refractivity contribution in [2.75, 3.05) is 38.2 Å². The third-order valence-corrected chi connectivity index (χ3v) is 10.7. The van der Waals surface area contributed by atoms with Gasteiger partial charge in [-0.1, -0.05) is 6.92 Å². The van der Waals surface area contributed by atoms with Crippen LogP contribution in [0.5, 0.6) is 11.6 Å². The SMILES string of the molecule is CCc1c(N2CCN(C(=O)c3ncnc(C)c3O)CC2)c(=O)c2nn(-c3ccnc(OC)c3)nc2n1CC(=O)NC12CC(C3CC3)(C1)C2. The van der Waals surface area contributed by atoms with Crippen LogP contribution in [0, 0.1) is 18.3 Å². The molecule has 2 bridgehead atoms. The van der Waals surface area contributed by atoms with E-state index in [9.17, 15) is 19.5 Å². The molecule has 0 spiro atoms. The van der Waals surface area contributed by atoms with E-state index in [1.165, 1.54) is 31.1 Å². The van der Waals surface area contributed by atoms with Crippen molar-refractivity contribution in [3.05, 3.63) is 52.0 Å². The highest BCUT2D eigenvalue weighted by atomic mass is 16.5. The topological polar surface area (TPSA) is 173 Å². The zero-order chi connectivity index (χ0) is 33.4. The van der Waals surface area contributed by atoms with E-state index >= 15 is 0 Å². The highest BCUT2D eigenvalue weighted by Crippen LogP contribution is 2.75. The third-order valence-electron chi connectivity index (χ3n) is 10.7. The molecule has 48 heavy (non-hydrogen) atoms. The summed E-state index contributed by atoms with van der Waals surface area (Å²) in [5.74, 6) is 0.462. The lowest BCUT2D eigenvalue weighted by Crippen LogP contribution is -2.75. The van der Waals surface area contributed by atoms with Crippen LogP contribution in [0.25, 0.3) is 16.9 Å². The van der Waals surface area contributed by atoms with Crippen molar-refractivity contribution in [3.8, 4) is 17.3 Å².